The molecule has 0 aliphatic carbocycles. The van der Waals surface area contributed by atoms with E-state index in [4.69, 9.17) is 16.3 Å². The van der Waals surface area contributed by atoms with E-state index in [1.807, 2.05) is 30.3 Å². The Labute approximate surface area is 120 Å². The van der Waals surface area contributed by atoms with Crippen LogP contribution in [-0.2, 0) is 6.61 Å². The van der Waals surface area contributed by atoms with Crippen LogP contribution in [0.2, 0.25) is 5.15 Å². The summed E-state index contributed by atoms with van der Waals surface area (Å²) in [6, 6.07) is 16.1. The van der Waals surface area contributed by atoms with E-state index in [0.717, 1.165) is 5.56 Å². The molecule has 0 N–H and O–H groups in total. The van der Waals surface area contributed by atoms with E-state index >= 15 is 0 Å². The van der Waals surface area contributed by atoms with Crippen molar-refractivity contribution in [3.63, 3.8) is 0 Å². The SMILES string of the molecule is Fc1cccc2c(OCc3ccccc3)cc(Cl)nc12. The van der Waals surface area contributed by atoms with Crippen LogP contribution in [0.1, 0.15) is 5.56 Å². The molecule has 20 heavy (non-hydrogen) atoms. The Hall–Kier alpha value is -2.13. The fraction of sp³-hybridized carbons (Fsp3) is 0.0625. The number of hydrogen-bond acceptors (Lipinski definition) is 2. The van der Waals surface area contributed by atoms with Gasteiger partial charge in [0.1, 0.15) is 28.8 Å². The molecule has 0 saturated carbocycles. The van der Waals surface area contributed by atoms with Crippen LogP contribution in [0.5, 0.6) is 5.75 Å². The monoisotopic (exact) mass is 287 g/mol. The molecule has 4 heteroatoms. The summed E-state index contributed by atoms with van der Waals surface area (Å²) in [6.45, 7) is 0.396. The van der Waals surface area contributed by atoms with Gasteiger partial charge < -0.3 is 4.74 Å². The van der Waals surface area contributed by atoms with Crippen molar-refractivity contribution in [3.05, 3.63) is 71.1 Å². The second-order valence-corrected chi connectivity index (χ2v) is 4.74. The number of rotatable bonds is 3. The highest BCUT2D eigenvalue weighted by Crippen LogP contribution is 2.29. The summed E-state index contributed by atoms with van der Waals surface area (Å²) in [7, 11) is 0. The molecule has 0 fully saturated rings. The van der Waals surface area contributed by atoms with Crippen molar-refractivity contribution in [1.29, 1.82) is 0 Å². The highest BCUT2D eigenvalue weighted by molar-refractivity contribution is 6.30. The second-order valence-electron chi connectivity index (χ2n) is 4.35. The maximum Gasteiger partial charge on any atom is 0.149 e. The number of benzene rings is 2. The van der Waals surface area contributed by atoms with Gasteiger partial charge in [0.05, 0.1) is 0 Å². The number of nitrogens with zero attached hydrogens (tertiary/aromatic N) is 1. The lowest BCUT2D eigenvalue weighted by Gasteiger charge is -2.10. The number of ether oxygens (including phenoxy) is 1. The van der Waals surface area contributed by atoms with Crippen LogP contribution in [-0.4, -0.2) is 4.98 Å². The number of aromatic nitrogens is 1. The third-order valence-electron chi connectivity index (χ3n) is 2.96. The Balaban J connectivity index is 1.97. The third kappa shape index (κ3) is 2.58. The fourth-order valence-corrected chi connectivity index (χ4v) is 2.19. The van der Waals surface area contributed by atoms with Gasteiger partial charge in [0.15, 0.2) is 0 Å². The number of para-hydroxylation sites is 1. The Morgan fingerprint density at radius 2 is 1.85 bits per heavy atom. The van der Waals surface area contributed by atoms with Gasteiger partial charge in [-0.2, -0.15) is 0 Å². The van der Waals surface area contributed by atoms with Crippen molar-refractivity contribution < 1.29 is 9.13 Å². The minimum absolute atomic E-state index is 0.214. The van der Waals surface area contributed by atoms with Gasteiger partial charge in [0, 0.05) is 11.5 Å². The maximum atomic E-state index is 13.7. The van der Waals surface area contributed by atoms with Crippen LogP contribution in [0, 0.1) is 5.82 Å². The number of pyridine rings is 1. The Kier molecular flexibility index (Phi) is 3.52. The highest BCUT2D eigenvalue weighted by atomic mass is 35.5. The zero-order valence-electron chi connectivity index (χ0n) is 10.5. The number of fused-ring (bicyclic) bond motifs is 1. The van der Waals surface area contributed by atoms with Crippen molar-refractivity contribution in [1.82, 2.24) is 4.98 Å². The molecule has 2 nitrogen and oxygen atoms in total. The summed E-state index contributed by atoms with van der Waals surface area (Å²) in [5.74, 6) is 0.123. The molecular weight excluding hydrogens is 277 g/mol. The lowest BCUT2D eigenvalue weighted by molar-refractivity contribution is 0.310. The van der Waals surface area contributed by atoms with Gasteiger partial charge >= 0.3 is 0 Å². The highest BCUT2D eigenvalue weighted by Gasteiger charge is 2.09. The molecule has 0 saturated heterocycles. The van der Waals surface area contributed by atoms with Gasteiger partial charge in [-0.25, -0.2) is 9.37 Å². The van der Waals surface area contributed by atoms with Crippen LogP contribution in [0.15, 0.2) is 54.6 Å². The molecule has 0 aliphatic rings. The minimum atomic E-state index is -0.408. The third-order valence-corrected chi connectivity index (χ3v) is 3.15. The maximum absolute atomic E-state index is 13.7. The van der Waals surface area contributed by atoms with Crippen molar-refractivity contribution >= 4 is 22.5 Å². The van der Waals surface area contributed by atoms with Crippen molar-refractivity contribution in [2.75, 3.05) is 0 Å². The molecule has 0 bridgehead atoms. The van der Waals surface area contributed by atoms with Gasteiger partial charge in [-0.3, -0.25) is 0 Å². The second kappa shape index (κ2) is 5.47. The van der Waals surface area contributed by atoms with Gasteiger partial charge in [0.2, 0.25) is 0 Å². The van der Waals surface area contributed by atoms with Crippen LogP contribution in [0.3, 0.4) is 0 Å². The summed E-state index contributed by atoms with van der Waals surface area (Å²) in [5.41, 5.74) is 1.26. The summed E-state index contributed by atoms with van der Waals surface area (Å²) in [4.78, 5) is 4.00. The normalized spacial score (nSPS) is 10.7. The first-order valence-electron chi connectivity index (χ1n) is 6.15. The topological polar surface area (TPSA) is 22.1 Å². The van der Waals surface area contributed by atoms with Crippen molar-refractivity contribution in [2.24, 2.45) is 0 Å². The molecule has 1 heterocycles. The minimum Gasteiger partial charge on any atom is -0.488 e. The predicted octanol–water partition coefficient (Wildman–Crippen LogP) is 4.61. The molecule has 2 aromatic carbocycles. The van der Waals surface area contributed by atoms with Crippen LogP contribution < -0.4 is 4.74 Å². The van der Waals surface area contributed by atoms with Crippen LogP contribution in [0.25, 0.3) is 10.9 Å². The largest absolute Gasteiger partial charge is 0.488 e. The first-order valence-corrected chi connectivity index (χ1v) is 6.53. The van der Waals surface area contributed by atoms with Gasteiger partial charge in [-0.15, -0.1) is 0 Å². The smallest absolute Gasteiger partial charge is 0.149 e. The van der Waals surface area contributed by atoms with E-state index in [1.54, 1.807) is 18.2 Å². The van der Waals surface area contributed by atoms with E-state index in [-0.39, 0.29) is 10.7 Å². The average molecular weight is 288 g/mol. The predicted molar refractivity (Wildman–Crippen MR) is 77.5 cm³/mol. The van der Waals surface area contributed by atoms with E-state index in [1.165, 1.54) is 6.07 Å². The molecule has 0 spiro atoms. The Morgan fingerprint density at radius 3 is 2.65 bits per heavy atom. The molecule has 0 atom stereocenters. The zero-order chi connectivity index (χ0) is 13.9. The quantitative estimate of drug-likeness (QED) is 0.657. The summed E-state index contributed by atoms with van der Waals surface area (Å²) >= 11 is 5.92. The summed E-state index contributed by atoms with van der Waals surface area (Å²) in [5, 5.41) is 0.830. The molecule has 0 aliphatic heterocycles. The van der Waals surface area contributed by atoms with E-state index < -0.39 is 5.82 Å². The lowest BCUT2D eigenvalue weighted by atomic mass is 10.2. The molecule has 0 unspecified atom stereocenters. The molecule has 3 aromatic rings. The summed E-state index contributed by atoms with van der Waals surface area (Å²) < 4.78 is 19.5. The molecule has 100 valence electrons. The standard InChI is InChI=1S/C16H11ClFNO/c17-15-9-14(20-10-11-5-2-1-3-6-11)12-7-4-8-13(18)16(12)19-15/h1-9H,10H2. The molecule has 0 radical (unpaired) electrons. The van der Waals surface area contributed by atoms with E-state index in [2.05, 4.69) is 4.98 Å². The molecule has 1 aromatic heterocycles. The Morgan fingerprint density at radius 1 is 1.05 bits per heavy atom. The van der Waals surface area contributed by atoms with Gasteiger partial charge in [-0.1, -0.05) is 48.0 Å². The van der Waals surface area contributed by atoms with E-state index in [0.29, 0.717) is 17.7 Å². The average Bonchev–Trinajstić information content (AvgIpc) is 2.47. The van der Waals surface area contributed by atoms with Crippen LogP contribution in [0.4, 0.5) is 4.39 Å². The van der Waals surface area contributed by atoms with Crippen LogP contribution >= 0.6 is 11.6 Å². The molecular formula is C16H11ClFNO. The molecule has 0 amide bonds. The lowest BCUT2D eigenvalue weighted by Crippen LogP contribution is -1.97. The first kappa shape index (κ1) is 12.9. The first-order chi connectivity index (χ1) is 9.74. The van der Waals surface area contributed by atoms with Gasteiger partial charge in [-0.05, 0) is 17.7 Å². The van der Waals surface area contributed by atoms with Crippen molar-refractivity contribution in [3.8, 4) is 5.75 Å². The zero-order valence-corrected chi connectivity index (χ0v) is 11.3. The number of hydrogen-bond donors (Lipinski definition) is 0. The van der Waals surface area contributed by atoms with Crippen molar-refractivity contribution in [2.45, 2.75) is 6.61 Å². The fourth-order valence-electron chi connectivity index (χ4n) is 2.01. The molecule has 3 rings (SSSR count). The Bertz CT molecular complexity index is 746. The van der Waals surface area contributed by atoms with E-state index in [9.17, 15) is 4.39 Å². The van der Waals surface area contributed by atoms with Gasteiger partial charge in [0.25, 0.3) is 0 Å². The number of halogens is 2. The summed E-state index contributed by atoms with van der Waals surface area (Å²) in [6.07, 6.45) is 0.